The number of ether oxygens (including phenoxy) is 1. The van der Waals surface area contributed by atoms with Crippen LogP contribution in [0.5, 0.6) is 5.75 Å². The molecule has 2 aromatic rings. The Labute approximate surface area is 174 Å². The standard InChI is InChI=1S/C21H27ClO7/c1-2-29-15-6-3-12(4-7-15)9-14-10-13(5-8-16(14)22)18(25)20(27)21(28)19(26)17(24)11-23/h3-8,10,17-21,23-28H,2,9,11H2,1H3. The zero-order valence-electron chi connectivity index (χ0n) is 16.0. The van der Waals surface area contributed by atoms with Gasteiger partial charge in [0, 0.05) is 5.02 Å². The van der Waals surface area contributed by atoms with Gasteiger partial charge in [-0.1, -0.05) is 35.9 Å². The Hall–Kier alpha value is -1.71. The second-order valence-corrected chi connectivity index (χ2v) is 7.18. The van der Waals surface area contributed by atoms with E-state index in [0.29, 0.717) is 23.6 Å². The lowest BCUT2D eigenvalue weighted by molar-refractivity contribution is -0.141. The number of halogens is 1. The number of aliphatic hydroxyl groups is 6. The van der Waals surface area contributed by atoms with Gasteiger partial charge in [-0.15, -0.1) is 0 Å². The summed E-state index contributed by atoms with van der Waals surface area (Å²) in [6.07, 6.45) is -8.19. The van der Waals surface area contributed by atoms with Crippen molar-refractivity contribution in [1.82, 2.24) is 0 Å². The lowest BCUT2D eigenvalue weighted by Gasteiger charge is -2.28. The minimum Gasteiger partial charge on any atom is -0.494 e. The highest BCUT2D eigenvalue weighted by Crippen LogP contribution is 2.27. The van der Waals surface area contributed by atoms with E-state index in [1.165, 1.54) is 6.07 Å². The molecule has 0 radical (unpaired) electrons. The van der Waals surface area contributed by atoms with Crippen molar-refractivity contribution in [2.45, 2.75) is 43.9 Å². The van der Waals surface area contributed by atoms with E-state index in [4.69, 9.17) is 21.4 Å². The number of hydrogen-bond donors (Lipinski definition) is 6. The SMILES string of the molecule is CCOc1ccc(Cc2cc(C(O)C(O)C(O)C(O)C(O)CO)ccc2Cl)cc1. The summed E-state index contributed by atoms with van der Waals surface area (Å²) in [4.78, 5) is 0. The molecule has 5 unspecified atom stereocenters. The van der Waals surface area contributed by atoms with Crippen LogP contribution in [0.3, 0.4) is 0 Å². The average molecular weight is 427 g/mol. The second-order valence-electron chi connectivity index (χ2n) is 6.77. The summed E-state index contributed by atoms with van der Waals surface area (Å²) in [6, 6.07) is 12.2. The van der Waals surface area contributed by atoms with Gasteiger partial charge in [-0.2, -0.15) is 0 Å². The van der Waals surface area contributed by atoms with Crippen LogP contribution in [0.25, 0.3) is 0 Å². The maximum absolute atomic E-state index is 10.4. The molecule has 2 aromatic carbocycles. The molecule has 0 saturated heterocycles. The number of rotatable bonds is 10. The van der Waals surface area contributed by atoms with Gasteiger partial charge >= 0.3 is 0 Å². The summed E-state index contributed by atoms with van der Waals surface area (Å²) in [6.45, 7) is 1.68. The fourth-order valence-corrected chi connectivity index (χ4v) is 3.11. The van der Waals surface area contributed by atoms with Crippen molar-refractivity contribution in [3.63, 3.8) is 0 Å². The summed E-state index contributed by atoms with van der Waals surface area (Å²) in [5.41, 5.74) is 1.95. The largest absolute Gasteiger partial charge is 0.494 e. The molecular weight excluding hydrogens is 400 g/mol. The first-order valence-corrected chi connectivity index (χ1v) is 9.67. The molecule has 2 rings (SSSR count). The fourth-order valence-electron chi connectivity index (χ4n) is 2.93. The highest BCUT2D eigenvalue weighted by Gasteiger charge is 2.34. The molecule has 7 nitrogen and oxygen atoms in total. The van der Waals surface area contributed by atoms with Crippen LogP contribution in [0.1, 0.15) is 29.7 Å². The van der Waals surface area contributed by atoms with Crippen molar-refractivity contribution in [1.29, 1.82) is 0 Å². The van der Waals surface area contributed by atoms with Gasteiger partial charge in [0.1, 0.15) is 36.3 Å². The maximum Gasteiger partial charge on any atom is 0.119 e. The number of benzene rings is 2. The molecule has 0 aromatic heterocycles. The first kappa shape index (κ1) is 23.6. The minimum atomic E-state index is -1.86. The van der Waals surface area contributed by atoms with Crippen LogP contribution in [0.15, 0.2) is 42.5 Å². The lowest BCUT2D eigenvalue weighted by atomic mass is 9.93. The van der Waals surface area contributed by atoms with Crippen LogP contribution in [-0.4, -0.2) is 68.3 Å². The van der Waals surface area contributed by atoms with E-state index in [0.717, 1.165) is 11.3 Å². The molecule has 0 bridgehead atoms. The van der Waals surface area contributed by atoms with Crippen molar-refractivity contribution >= 4 is 11.6 Å². The van der Waals surface area contributed by atoms with E-state index >= 15 is 0 Å². The van der Waals surface area contributed by atoms with Crippen LogP contribution >= 0.6 is 11.6 Å². The van der Waals surface area contributed by atoms with Crippen LogP contribution in [0.2, 0.25) is 5.02 Å². The van der Waals surface area contributed by atoms with Gasteiger partial charge in [0.15, 0.2) is 0 Å². The zero-order chi connectivity index (χ0) is 21.6. The van der Waals surface area contributed by atoms with E-state index in [9.17, 15) is 25.5 Å². The number of hydrogen-bond acceptors (Lipinski definition) is 7. The van der Waals surface area contributed by atoms with Crippen molar-refractivity contribution < 1.29 is 35.4 Å². The van der Waals surface area contributed by atoms with Gasteiger partial charge in [0.25, 0.3) is 0 Å². The topological polar surface area (TPSA) is 131 Å². The minimum absolute atomic E-state index is 0.285. The molecule has 8 heteroatoms. The third-order valence-corrected chi connectivity index (χ3v) is 5.01. The molecule has 0 fully saturated rings. The highest BCUT2D eigenvalue weighted by molar-refractivity contribution is 6.31. The van der Waals surface area contributed by atoms with Gasteiger partial charge in [-0.3, -0.25) is 0 Å². The monoisotopic (exact) mass is 426 g/mol. The predicted octanol–water partition coefficient (Wildman–Crippen LogP) is 0.799. The molecule has 0 aliphatic rings. The van der Waals surface area contributed by atoms with Gasteiger partial charge in [0.2, 0.25) is 0 Å². The molecule has 6 N–H and O–H groups in total. The van der Waals surface area contributed by atoms with Crippen molar-refractivity contribution in [3.8, 4) is 5.75 Å². The molecule has 0 spiro atoms. The summed E-state index contributed by atoms with van der Waals surface area (Å²) in [7, 11) is 0. The summed E-state index contributed by atoms with van der Waals surface area (Å²) >= 11 is 6.27. The Morgan fingerprint density at radius 1 is 0.897 bits per heavy atom. The third-order valence-electron chi connectivity index (χ3n) is 4.64. The average Bonchev–Trinajstić information content (AvgIpc) is 2.74. The first-order chi connectivity index (χ1) is 13.8. The van der Waals surface area contributed by atoms with Crippen LogP contribution in [0, 0.1) is 0 Å². The summed E-state index contributed by atoms with van der Waals surface area (Å²) < 4.78 is 5.41. The van der Waals surface area contributed by atoms with Crippen LogP contribution in [0.4, 0.5) is 0 Å². The Kier molecular flexibility index (Phi) is 8.85. The lowest BCUT2D eigenvalue weighted by Crippen LogP contribution is -2.47. The molecule has 0 heterocycles. The summed E-state index contributed by atoms with van der Waals surface area (Å²) in [5, 5.41) is 59.1. The van der Waals surface area contributed by atoms with Crippen molar-refractivity contribution in [2.75, 3.05) is 13.2 Å². The van der Waals surface area contributed by atoms with E-state index in [1.54, 1.807) is 12.1 Å². The first-order valence-electron chi connectivity index (χ1n) is 9.29. The predicted molar refractivity (Wildman–Crippen MR) is 108 cm³/mol. The van der Waals surface area contributed by atoms with Crippen molar-refractivity contribution in [2.24, 2.45) is 0 Å². The zero-order valence-corrected chi connectivity index (χ0v) is 16.8. The molecule has 0 aliphatic carbocycles. The van der Waals surface area contributed by atoms with Gasteiger partial charge in [0.05, 0.1) is 13.2 Å². The molecule has 0 amide bonds. The Morgan fingerprint density at radius 2 is 1.55 bits per heavy atom. The normalized spacial score (nSPS) is 16.7. The van der Waals surface area contributed by atoms with Gasteiger partial charge in [-0.05, 0) is 48.2 Å². The fraction of sp³-hybridized carbons (Fsp3) is 0.429. The molecule has 5 atom stereocenters. The molecule has 29 heavy (non-hydrogen) atoms. The van der Waals surface area contributed by atoms with E-state index < -0.39 is 37.1 Å². The summed E-state index contributed by atoms with van der Waals surface area (Å²) in [5.74, 6) is 0.757. The van der Waals surface area contributed by atoms with Crippen molar-refractivity contribution in [3.05, 3.63) is 64.2 Å². The molecular formula is C21H27ClO7. The Morgan fingerprint density at radius 3 is 2.14 bits per heavy atom. The van der Waals surface area contributed by atoms with Gasteiger partial charge < -0.3 is 35.4 Å². The van der Waals surface area contributed by atoms with Crippen LogP contribution < -0.4 is 4.74 Å². The molecule has 0 aliphatic heterocycles. The molecule has 160 valence electrons. The van der Waals surface area contributed by atoms with E-state index in [2.05, 4.69) is 0 Å². The smallest absolute Gasteiger partial charge is 0.119 e. The maximum atomic E-state index is 10.4. The Bertz CT molecular complexity index is 768. The van der Waals surface area contributed by atoms with E-state index in [1.807, 2.05) is 31.2 Å². The quantitative estimate of drug-likeness (QED) is 0.331. The van der Waals surface area contributed by atoms with Gasteiger partial charge in [-0.25, -0.2) is 0 Å². The van der Waals surface area contributed by atoms with Crippen LogP contribution in [-0.2, 0) is 6.42 Å². The Balaban J connectivity index is 2.16. The number of aliphatic hydroxyl groups excluding tert-OH is 6. The van der Waals surface area contributed by atoms with E-state index in [-0.39, 0.29) is 5.56 Å². The third kappa shape index (κ3) is 6.13. The second kappa shape index (κ2) is 10.9. The molecule has 0 saturated carbocycles. The highest BCUT2D eigenvalue weighted by atomic mass is 35.5.